The second kappa shape index (κ2) is 9.60. The number of nitrogens with one attached hydrogen (secondary N) is 2. The van der Waals surface area contributed by atoms with E-state index in [0.29, 0.717) is 29.6 Å². The highest BCUT2D eigenvalue weighted by Gasteiger charge is 2.36. The highest BCUT2D eigenvalue weighted by atomic mass is 16.5. The lowest BCUT2D eigenvalue weighted by Gasteiger charge is -2.28. The van der Waals surface area contributed by atoms with E-state index in [1.54, 1.807) is 19.1 Å². The number of hydrogen-bond acceptors (Lipinski definition) is 4. The first kappa shape index (κ1) is 19.5. The predicted molar refractivity (Wildman–Crippen MR) is 99.7 cm³/mol. The van der Waals surface area contributed by atoms with Crippen LogP contribution in [0.3, 0.4) is 0 Å². The van der Waals surface area contributed by atoms with Crippen molar-refractivity contribution in [3.05, 3.63) is 35.4 Å². The SMILES string of the molecule is CCOC(=O)C1=C(C[NH2+]C2CCCCCCC2)NC(=O)N[C@@H]1c1ccco1. The Morgan fingerprint density at radius 3 is 2.67 bits per heavy atom. The Kier molecular flexibility index (Phi) is 6.92. The molecule has 3 rings (SSSR count). The zero-order chi connectivity index (χ0) is 19.1. The van der Waals surface area contributed by atoms with E-state index in [-0.39, 0.29) is 12.6 Å². The van der Waals surface area contributed by atoms with Crippen LogP contribution in [0, 0.1) is 0 Å². The molecular weight excluding hydrogens is 346 g/mol. The topological polar surface area (TPSA) is 97.2 Å². The second-order valence-electron chi connectivity index (χ2n) is 7.20. The molecule has 148 valence electrons. The Hall–Kier alpha value is -2.28. The Labute approximate surface area is 159 Å². The number of rotatable bonds is 6. The molecule has 0 aromatic carbocycles. The molecule has 4 N–H and O–H groups in total. The minimum atomic E-state index is -0.631. The van der Waals surface area contributed by atoms with E-state index in [2.05, 4.69) is 16.0 Å². The van der Waals surface area contributed by atoms with Crippen molar-refractivity contribution in [1.29, 1.82) is 0 Å². The van der Waals surface area contributed by atoms with Crippen LogP contribution >= 0.6 is 0 Å². The molecule has 1 aliphatic heterocycles. The van der Waals surface area contributed by atoms with Gasteiger partial charge in [0.2, 0.25) is 0 Å². The fourth-order valence-electron chi connectivity index (χ4n) is 3.91. The molecule has 0 saturated heterocycles. The highest BCUT2D eigenvalue weighted by Crippen LogP contribution is 2.27. The normalized spacial score (nSPS) is 21.8. The molecule has 1 aromatic heterocycles. The van der Waals surface area contributed by atoms with Crippen molar-refractivity contribution in [2.24, 2.45) is 0 Å². The Morgan fingerprint density at radius 1 is 1.26 bits per heavy atom. The van der Waals surface area contributed by atoms with Crippen LogP contribution in [0.4, 0.5) is 4.79 Å². The van der Waals surface area contributed by atoms with E-state index in [4.69, 9.17) is 9.15 Å². The van der Waals surface area contributed by atoms with Gasteiger partial charge in [-0.1, -0.05) is 19.3 Å². The lowest BCUT2D eigenvalue weighted by atomic mass is 9.96. The molecule has 0 spiro atoms. The van der Waals surface area contributed by atoms with Crippen molar-refractivity contribution in [2.45, 2.75) is 64.0 Å². The maximum absolute atomic E-state index is 12.6. The number of ether oxygens (including phenoxy) is 1. The van der Waals surface area contributed by atoms with Crippen LogP contribution in [0.2, 0.25) is 0 Å². The maximum Gasteiger partial charge on any atom is 0.338 e. The van der Waals surface area contributed by atoms with Crippen LogP contribution in [0.25, 0.3) is 0 Å². The van der Waals surface area contributed by atoms with Gasteiger partial charge < -0.3 is 25.1 Å². The van der Waals surface area contributed by atoms with Crippen LogP contribution in [-0.4, -0.2) is 31.2 Å². The van der Waals surface area contributed by atoms with Crippen molar-refractivity contribution >= 4 is 12.0 Å². The van der Waals surface area contributed by atoms with Crippen molar-refractivity contribution < 1.29 is 24.1 Å². The van der Waals surface area contributed by atoms with Gasteiger partial charge in [0.1, 0.15) is 18.3 Å². The number of amides is 2. The van der Waals surface area contributed by atoms with Gasteiger partial charge in [0, 0.05) is 0 Å². The van der Waals surface area contributed by atoms with Gasteiger partial charge in [-0.3, -0.25) is 0 Å². The van der Waals surface area contributed by atoms with E-state index >= 15 is 0 Å². The molecule has 0 radical (unpaired) electrons. The summed E-state index contributed by atoms with van der Waals surface area (Å²) in [6.45, 7) is 2.60. The number of esters is 1. The summed E-state index contributed by atoms with van der Waals surface area (Å²) in [6.07, 6.45) is 10.3. The summed E-state index contributed by atoms with van der Waals surface area (Å²) >= 11 is 0. The fraction of sp³-hybridized carbons (Fsp3) is 0.600. The number of carbonyl (C=O) groups is 2. The monoisotopic (exact) mass is 376 g/mol. The lowest BCUT2D eigenvalue weighted by Crippen LogP contribution is -2.91. The third-order valence-electron chi connectivity index (χ3n) is 5.28. The summed E-state index contributed by atoms with van der Waals surface area (Å²) in [5.74, 6) is 0.101. The first-order chi connectivity index (χ1) is 13.2. The van der Waals surface area contributed by atoms with Gasteiger partial charge >= 0.3 is 12.0 Å². The third-order valence-corrected chi connectivity index (χ3v) is 5.28. The molecule has 7 nitrogen and oxygen atoms in total. The Bertz CT molecular complexity index is 661. The molecule has 27 heavy (non-hydrogen) atoms. The van der Waals surface area contributed by atoms with Gasteiger partial charge in [0.15, 0.2) is 0 Å². The molecular formula is C20H30N3O4+. The van der Waals surface area contributed by atoms with Crippen molar-refractivity contribution in [1.82, 2.24) is 10.6 Å². The van der Waals surface area contributed by atoms with Gasteiger partial charge in [0.25, 0.3) is 0 Å². The molecule has 1 fully saturated rings. The van der Waals surface area contributed by atoms with Crippen LogP contribution in [0.5, 0.6) is 0 Å². The zero-order valence-electron chi connectivity index (χ0n) is 16.0. The summed E-state index contributed by atoms with van der Waals surface area (Å²) in [5.41, 5.74) is 1.04. The van der Waals surface area contributed by atoms with Gasteiger partial charge in [-0.05, 0) is 44.7 Å². The average molecular weight is 376 g/mol. The van der Waals surface area contributed by atoms with Crippen molar-refractivity contribution in [2.75, 3.05) is 13.2 Å². The molecule has 1 aliphatic carbocycles. The van der Waals surface area contributed by atoms with E-state index in [0.717, 1.165) is 0 Å². The summed E-state index contributed by atoms with van der Waals surface area (Å²) in [7, 11) is 0. The van der Waals surface area contributed by atoms with Gasteiger partial charge in [-0.2, -0.15) is 0 Å². The molecule has 2 aliphatic rings. The van der Waals surface area contributed by atoms with Gasteiger partial charge in [-0.15, -0.1) is 0 Å². The summed E-state index contributed by atoms with van der Waals surface area (Å²) in [4.78, 5) is 24.8. The number of urea groups is 1. The van der Waals surface area contributed by atoms with Gasteiger partial charge in [-0.25, -0.2) is 9.59 Å². The third kappa shape index (κ3) is 5.13. The summed E-state index contributed by atoms with van der Waals surface area (Å²) < 4.78 is 10.7. The number of quaternary nitrogens is 1. The van der Waals surface area contributed by atoms with Crippen LogP contribution in [0.1, 0.15) is 63.7 Å². The smallest absolute Gasteiger partial charge is 0.338 e. The average Bonchev–Trinajstić information content (AvgIpc) is 3.15. The first-order valence-electron chi connectivity index (χ1n) is 10.0. The molecule has 2 heterocycles. The van der Waals surface area contributed by atoms with E-state index < -0.39 is 12.0 Å². The summed E-state index contributed by atoms with van der Waals surface area (Å²) in [6, 6.07) is 3.06. The minimum absolute atomic E-state index is 0.279. The zero-order valence-corrected chi connectivity index (χ0v) is 16.0. The predicted octanol–water partition coefficient (Wildman–Crippen LogP) is 2.13. The largest absolute Gasteiger partial charge is 0.467 e. The number of furan rings is 1. The maximum atomic E-state index is 12.6. The quantitative estimate of drug-likeness (QED) is 0.663. The molecule has 1 saturated carbocycles. The van der Waals surface area contributed by atoms with Gasteiger partial charge in [0.05, 0.1) is 30.2 Å². The highest BCUT2D eigenvalue weighted by molar-refractivity contribution is 5.95. The number of nitrogens with two attached hydrogens (primary N) is 1. The molecule has 2 amide bonds. The lowest BCUT2D eigenvalue weighted by molar-refractivity contribution is -0.684. The minimum Gasteiger partial charge on any atom is -0.467 e. The van der Waals surface area contributed by atoms with Crippen molar-refractivity contribution in [3.8, 4) is 0 Å². The molecule has 7 heteroatoms. The van der Waals surface area contributed by atoms with Crippen LogP contribution < -0.4 is 16.0 Å². The van der Waals surface area contributed by atoms with Crippen LogP contribution in [0.15, 0.2) is 34.1 Å². The van der Waals surface area contributed by atoms with E-state index in [1.165, 1.54) is 51.2 Å². The first-order valence-corrected chi connectivity index (χ1v) is 10.0. The van der Waals surface area contributed by atoms with Crippen LogP contribution in [-0.2, 0) is 9.53 Å². The molecule has 0 bridgehead atoms. The fourth-order valence-corrected chi connectivity index (χ4v) is 3.91. The molecule has 1 atom stereocenters. The molecule has 1 aromatic rings. The number of hydrogen-bond donors (Lipinski definition) is 3. The van der Waals surface area contributed by atoms with Crippen molar-refractivity contribution in [3.63, 3.8) is 0 Å². The second-order valence-corrected chi connectivity index (χ2v) is 7.20. The Morgan fingerprint density at radius 2 is 2.00 bits per heavy atom. The summed E-state index contributed by atoms with van der Waals surface area (Å²) in [5, 5.41) is 7.85. The van der Waals surface area contributed by atoms with E-state index in [1.807, 2.05) is 0 Å². The Balaban J connectivity index is 1.80. The molecule has 0 unspecified atom stereocenters. The number of carbonyl (C=O) groups excluding carboxylic acids is 2. The standard InChI is InChI=1S/C20H29N3O4/c1-2-26-19(24)17-15(13-21-14-9-6-4-3-5-7-10-14)22-20(25)23-18(17)16-11-8-12-27-16/h8,11-12,14,18,21H,2-7,9-10,13H2,1H3,(H2,22,23,25)/p+1/t18-/m1/s1. The van der Waals surface area contributed by atoms with E-state index in [9.17, 15) is 9.59 Å².